The van der Waals surface area contributed by atoms with Crippen LogP contribution >= 0.6 is 0 Å². The number of carbonyl (C=O) groups excluding carboxylic acids is 2. The molecule has 98 valence electrons. The van der Waals surface area contributed by atoms with Crippen LogP contribution in [0.5, 0.6) is 0 Å². The van der Waals surface area contributed by atoms with E-state index in [-0.39, 0.29) is 17.9 Å². The minimum Gasteiger partial charge on any atom is -0.392 e. The molecule has 0 bridgehead atoms. The first-order chi connectivity index (χ1) is 8.08. The van der Waals surface area contributed by atoms with Crippen molar-refractivity contribution in [2.24, 2.45) is 0 Å². The molecule has 0 spiro atoms. The molecule has 1 fully saturated rings. The molecule has 0 aromatic heterocycles. The van der Waals surface area contributed by atoms with E-state index in [1.54, 1.807) is 0 Å². The lowest BCUT2D eigenvalue weighted by Gasteiger charge is -2.29. The zero-order valence-corrected chi connectivity index (χ0v) is 10.2. The van der Waals surface area contributed by atoms with Gasteiger partial charge in [0.2, 0.25) is 11.8 Å². The predicted octanol–water partition coefficient (Wildman–Crippen LogP) is -1.30. The maximum atomic E-state index is 11.5. The fraction of sp³-hybridized carbons (Fsp3) is 0.818. The van der Waals surface area contributed by atoms with E-state index in [9.17, 15) is 14.7 Å². The van der Waals surface area contributed by atoms with Gasteiger partial charge in [0.25, 0.3) is 0 Å². The van der Waals surface area contributed by atoms with E-state index >= 15 is 0 Å². The Hall–Kier alpha value is -1.14. The minimum absolute atomic E-state index is 0.0653. The summed E-state index contributed by atoms with van der Waals surface area (Å²) in [6.07, 6.45) is 1.44. The second-order valence-corrected chi connectivity index (χ2v) is 4.36. The molecule has 1 atom stereocenters. The molecular weight excluding hydrogens is 222 g/mol. The lowest BCUT2D eigenvalue weighted by Crippen LogP contribution is -2.45. The van der Waals surface area contributed by atoms with Crippen molar-refractivity contribution in [1.82, 2.24) is 15.5 Å². The van der Waals surface area contributed by atoms with Gasteiger partial charge in [-0.3, -0.25) is 14.5 Å². The second kappa shape index (κ2) is 7.24. The molecule has 1 heterocycles. The van der Waals surface area contributed by atoms with Crippen molar-refractivity contribution in [3.63, 3.8) is 0 Å². The number of carbonyl (C=O) groups is 2. The fourth-order valence-electron chi connectivity index (χ4n) is 1.87. The van der Waals surface area contributed by atoms with E-state index in [1.807, 2.05) is 4.90 Å². The molecule has 17 heavy (non-hydrogen) atoms. The monoisotopic (exact) mass is 243 g/mol. The van der Waals surface area contributed by atoms with Crippen LogP contribution in [0.15, 0.2) is 0 Å². The van der Waals surface area contributed by atoms with E-state index in [2.05, 4.69) is 10.6 Å². The first-order valence-corrected chi connectivity index (χ1v) is 5.99. The number of rotatable bonds is 5. The van der Waals surface area contributed by atoms with Gasteiger partial charge in [-0.2, -0.15) is 0 Å². The van der Waals surface area contributed by atoms with Crippen LogP contribution in [0.25, 0.3) is 0 Å². The molecule has 6 heteroatoms. The largest absolute Gasteiger partial charge is 0.392 e. The Morgan fingerprint density at radius 1 is 1.35 bits per heavy atom. The number of nitrogens with one attached hydrogen (secondary N) is 2. The van der Waals surface area contributed by atoms with E-state index in [1.165, 1.54) is 6.92 Å². The van der Waals surface area contributed by atoms with Crippen LogP contribution < -0.4 is 10.6 Å². The number of β-amino-alcohol motifs (C(OH)–C–C–N with tert-alkyl or cyclic N) is 1. The number of aliphatic hydroxyl groups is 1. The molecule has 0 aliphatic carbocycles. The molecule has 0 saturated carbocycles. The zero-order chi connectivity index (χ0) is 12.7. The van der Waals surface area contributed by atoms with Gasteiger partial charge in [-0.1, -0.05) is 0 Å². The molecule has 1 aliphatic heterocycles. The summed E-state index contributed by atoms with van der Waals surface area (Å²) in [5.74, 6) is -0.164. The average Bonchev–Trinajstić information content (AvgIpc) is 2.24. The van der Waals surface area contributed by atoms with Crippen LogP contribution in [0.4, 0.5) is 0 Å². The highest BCUT2D eigenvalue weighted by Gasteiger charge is 2.19. The van der Waals surface area contributed by atoms with Crippen molar-refractivity contribution < 1.29 is 14.7 Å². The summed E-state index contributed by atoms with van der Waals surface area (Å²) in [5.41, 5.74) is 0. The summed E-state index contributed by atoms with van der Waals surface area (Å²) in [7, 11) is 0. The van der Waals surface area contributed by atoms with Crippen LogP contribution in [0.2, 0.25) is 0 Å². The quantitative estimate of drug-likeness (QED) is 0.524. The topological polar surface area (TPSA) is 81.7 Å². The number of amides is 2. The highest BCUT2D eigenvalue weighted by molar-refractivity contribution is 5.78. The van der Waals surface area contributed by atoms with Crippen LogP contribution in [-0.2, 0) is 9.59 Å². The number of aliphatic hydroxyl groups excluding tert-OH is 1. The first kappa shape index (κ1) is 13.9. The molecule has 6 nitrogen and oxygen atoms in total. The Bertz CT molecular complexity index is 271. The van der Waals surface area contributed by atoms with Gasteiger partial charge in [-0.15, -0.1) is 0 Å². The first-order valence-electron chi connectivity index (χ1n) is 5.99. The van der Waals surface area contributed by atoms with E-state index in [0.29, 0.717) is 26.2 Å². The van der Waals surface area contributed by atoms with Gasteiger partial charge in [0.05, 0.1) is 12.6 Å². The Labute approximate surface area is 101 Å². The summed E-state index contributed by atoms with van der Waals surface area (Å²) in [6, 6.07) is 0. The van der Waals surface area contributed by atoms with Gasteiger partial charge in [0.15, 0.2) is 0 Å². The van der Waals surface area contributed by atoms with Crippen molar-refractivity contribution in [3.05, 3.63) is 0 Å². The maximum absolute atomic E-state index is 11.5. The highest BCUT2D eigenvalue weighted by Crippen LogP contribution is 2.08. The summed E-state index contributed by atoms with van der Waals surface area (Å²) in [5, 5.41) is 14.8. The standard InChI is InChI=1S/C11H21N3O3/c1-9(15)12-4-5-13-11(17)8-14-6-2-3-10(16)7-14/h10,16H,2-8H2,1H3,(H,12,15)(H,13,17). The molecule has 1 saturated heterocycles. The van der Waals surface area contributed by atoms with E-state index in [4.69, 9.17) is 0 Å². The van der Waals surface area contributed by atoms with Crippen molar-refractivity contribution >= 4 is 11.8 Å². The number of likely N-dealkylation sites (tertiary alicyclic amines) is 1. The average molecular weight is 243 g/mol. The lowest BCUT2D eigenvalue weighted by atomic mass is 10.1. The summed E-state index contributed by atoms with van der Waals surface area (Å²) in [6.45, 7) is 4.07. The molecule has 0 aromatic carbocycles. The summed E-state index contributed by atoms with van der Waals surface area (Å²) >= 11 is 0. The number of piperidine rings is 1. The van der Waals surface area contributed by atoms with Crippen LogP contribution in [0.3, 0.4) is 0 Å². The molecule has 1 unspecified atom stereocenters. The van der Waals surface area contributed by atoms with Crippen molar-refractivity contribution in [3.8, 4) is 0 Å². The third-order valence-corrected chi connectivity index (χ3v) is 2.67. The maximum Gasteiger partial charge on any atom is 0.234 e. The van der Waals surface area contributed by atoms with Crippen LogP contribution in [-0.4, -0.2) is 60.6 Å². The van der Waals surface area contributed by atoms with Gasteiger partial charge in [0.1, 0.15) is 0 Å². The zero-order valence-electron chi connectivity index (χ0n) is 10.2. The van der Waals surface area contributed by atoms with Gasteiger partial charge < -0.3 is 15.7 Å². The fourth-order valence-corrected chi connectivity index (χ4v) is 1.87. The van der Waals surface area contributed by atoms with Crippen molar-refractivity contribution in [2.45, 2.75) is 25.9 Å². The number of nitrogens with zero attached hydrogens (tertiary/aromatic N) is 1. The highest BCUT2D eigenvalue weighted by atomic mass is 16.3. The van der Waals surface area contributed by atoms with Gasteiger partial charge in [0, 0.05) is 26.6 Å². The Balaban J connectivity index is 2.09. The van der Waals surface area contributed by atoms with Crippen molar-refractivity contribution in [1.29, 1.82) is 0 Å². The third kappa shape index (κ3) is 6.23. The molecule has 0 aromatic rings. The van der Waals surface area contributed by atoms with Crippen LogP contribution in [0, 0.1) is 0 Å². The SMILES string of the molecule is CC(=O)NCCNC(=O)CN1CCCC(O)C1. The lowest BCUT2D eigenvalue weighted by molar-refractivity contribution is -0.123. The molecule has 1 aliphatic rings. The molecular formula is C11H21N3O3. The predicted molar refractivity (Wildman–Crippen MR) is 63.4 cm³/mol. The number of hydrogen-bond donors (Lipinski definition) is 3. The van der Waals surface area contributed by atoms with Crippen molar-refractivity contribution in [2.75, 3.05) is 32.7 Å². The molecule has 1 rings (SSSR count). The molecule has 2 amide bonds. The normalized spacial score (nSPS) is 20.9. The van der Waals surface area contributed by atoms with E-state index in [0.717, 1.165) is 19.4 Å². The summed E-state index contributed by atoms with van der Waals surface area (Å²) in [4.78, 5) is 24.0. The minimum atomic E-state index is -0.309. The van der Waals surface area contributed by atoms with Gasteiger partial charge >= 0.3 is 0 Å². The van der Waals surface area contributed by atoms with Crippen LogP contribution in [0.1, 0.15) is 19.8 Å². The summed E-state index contributed by atoms with van der Waals surface area (Å²) < 4.78 is 0. The number of hydrogen-bond acceptors (Lipinski definition) is 4. The Morgan fingerprint density at radius 3 is 2.71 bits per heavy atom. The Morgan fingerprint density at radius 2 is 2.06 bits per heavy atom. The smallest absolute Gasteiger partial charge is 0.234 e. The molecule has 3 N–H and O–H groups in total. The van der Waals surface area contributed by atoms with Gasteiger partial charge in [-0.25, -0.2) is 0 Å². The van der Waals surface area contributed by atoms with E-state index < -0.39 is 0 Å². The molecule has 0 radical (unpaired) electrons. The second-order valence-electron chi connectivity index (χ2n) is 4.36. The van der Waals surface area contributed by atoms with Gasteiger partial charge in [-0.05, 0) is 19.4 Å². The Kier molecular flexibility index (Phi) is 5.93. The third-order valence-electron chi connectivity index (χ3n) is 2.67.